The first kappa shape index (κ1) is 20.1. The number of rotatable bonds is 5. The number of benzene rings is 1. The van der Waals surface area contributed by atoms with E-state index < -0.39 is 29.5 Å². The van der Waals surface area contributed by atoms with Crippen molar-refractivity contribution in [3.05, 3.63) is 34.6 Å². The minimum atomic E-state index is -0.700. The summed E-state index contributed by atoms with van der Waals surface area (Å²) in [6.45, 7) is 4.97. The number of halogens is 2. The summed E-state index contributed by atoms with van der Waals surface area (Å²) in [7, 11) is 0. The van der Waals surface area contributed by atoms with Crippen molar-refractivity contribution in [3.63, 3.8) is 0 Å². The van der Waals surface area contributed by atoms with Gasteiger partial charge in [0.25, 0.3) is 0 Å². The highest BCUT2D eigenvalue weighted by Gasteiger charge is 2.57. The molecule has 1 saturated carbocycles. The van der Waals surface area contributed by atoms with Gasteiger partial charge < -0.3 is 9.84 Å². The van der Waals surface area contributed by atoms with Crippen LogP contribution in [0.5, 0.6) is 0 Å². The number of hydrogen-bond acceptors (Lipinski definition) is 4. The van der Waals surface area contributed by atoms with Gasteiger partial charge in [-0.1, -0.05) is 23.7 Å². The zero-order valence-electron chi connectivity index (χ0n) is 15.7. The molecule has 0 radical (unpaired) electrons. The third-order valence-electron chi connectivity index (χ3n) is 5.17. The lowest BCUT2D eigenvalue weighted by Gasteiger charge is -2.30. The number of Topliss-reactive ketones (excluding diaryl/α,β-unsaturated/α-hetero) is 1. The lowest BCUT2D eigenvalue weighted by molar-refractivity contribution is -0.124. The van der Waals surface area contributed by atoms with Crippen LogP contribution < -0.4 is 0 Å². The lowest BCUT2D eigenvalue weighted by atomic mass is 9.91. The SMILES string of the molecule is CC(C)(C)OC(=O)N1[C@@H]2C[C@@H]2C[C@H]1C(=O)C[C@H](CO)c1cccc(Cl)c1F. The Hall–Kier alpha value is -1.66. The number of amides is 1. The van der Waals surface area contributed by atoms with Crippen LogP contribution in [0, 0.1) is 11.7 Å². The van der Waals surface area contributed by atoms with Crippen LogP contribution >= 0.6 is 11.6 Å². The van der Waals surface area contributed by atoms with Crippen LogP contribution in [0.4, 0.5) is 9.18 Å². The molecule has 7 heteroatoms. The van der Waals surface area contributed by atoms with Crippen molar-refractivity contribution in [2.45, 2.75) is 63.6 Å². The van der Waals surface area contributed by atoms with E-state index in [1.807, 2.05) is 0 Å². The Bertz CT molecular complexity index is 748. The minimum absolute atomic E-state index is 0.0455. The van der Waals surface area contributed by atoms with Crippen molar-refractivity contribution in [2.75, 3.05) is 6.61 Å². The molecule has 148 valence electrons. The zero-order chi connectivity index (χ0) is 19.9. The van der Waals surface area contributed by atoms with E-state index in [0.29, 0.717) is 12.3 Å². The van der Waals surface area contributed by atoms with Crippen molar-refractivity contribution in [2.24, 2.45) is 5.92 Å². The number of hydrogen-bond donors (Lipinski definition) is 1. The number of piperidine rings is 1. The van der Waals surface area contributed by atoms with Gasteiger partial charge in [0.2, 0.25) is 0 Å². The van der Waals surface area contributed by atoms with Gasteiger partial charge in [0.1, 0.15) is 11.4 Å². The minimum Gasteiger partial charge on any atom is -0.444 e. The predicted octanol–water partition coefficient (Wildman–Crippen LogP) is 3.91. The Morgan fingerprint density at radius 3 is 2.70 bits per heavy atom. The molecule has 1 aromatic carbocycles. The van der Waals surface area contributed by atoms with Crippen LogP contribution in [0.2, 0.25) is 5.02 Å². The molecular formula is C20H25ClFNO4. The molecule has 4 atom stereocenters. The summed E-state index contributed by atoms with van der Waals surface area (Å²) in [5.74, 6) is -1.19. The first-order valence-corrected chi connectivity index (χ1v) is 9.59. The Labute approximate surface area is 163 Å². The largest absolute Gasteiger partial charge is 0.444 e. The normalized spacial score (nSPS) is 25.1. The highest BCUT2D eigenvalue weighted by molar-refractivity contribution is 6.30. The van der Waals surface area contributed by atoms with Gasteiger partial charge in [-0.25, -0.2) is 9.18 Å². The third kappa shape index (κ3) is 4.27. The van der Waals surface area contributed by atoms with Gasteiger partial charge in [-0.3, -0.25) is 9.69 Å². The fraction of sp³-hybridized carbons (Fsp3) is 0.600. The number of ether oxygens (including phenoxy) is 1. The lowest BCUT2D eigenvalue weighted by Crippen LogP contribution is -2.46. The van der Waals surface area contributed by atoms with Crippen LogP contribution in [-0.4, -0.2) is 46.2 Å². The van der Waals surface area contributed by atoms with Crippen molar-refractivity contribution in [1.82, 2.24) is 4.90 Å². The van der Waals surface area contributed by atoms with E-state index in [0.717, 1.165) is 6.42 Å². The highest BCUT2D eigenvalue weighted by atomic mass is 35.5. The summed E-state index contributed by atoms with van der Waals surface area (Å²) in [6, 6.07) is 3.99. The maximum absolute atomic E-state index is 14.3. The van der Waals surface area contributed by atoms with Crippen LogP contribution in [0.15, 0.2) is 18.2 Å². The third-order valence-corrected chi connectivity index (χ3v) is 5.46. The quantitative estimate of drug-likeness (QED) is 0.817. The molecule has 0 bridgehead atoms. The second-order valence-corrected chi connectivity index (χ2v) is 8.80. The second-order valence-electron chi connectivity index (χ2n) is 8.40. The number of carbonyl (C=O) groups is 2. The molecule has 1 heterocycles. The molecule has 1 aliphatic carbocycles. The fourth-order valence-corrected chi connectivity index (χ4v) is 3.99. The standard InChI is InChI=1S/C20H25ClFNO4/c1-20(2,3)27-19(26)23-15-7-11(15)8-16(23)17(25)9-12(10-24)13-5-4-6-14(21)18(13)22/h4-6,11-12,15-16,24H,7-10H2,1-3H3/t11-,12-,15-,16+/m1/s1. The molecule has 2 fully saturated rings. The van der Waals surface area contributed by atoms with Crippen LogP contribution in [-0.2, 0) is 9.53 Å². The summed E-state index contributed by atoms with van der Waals surface area (Å²) < 4.78 is 19.7. The topological polar surface area (TPSA) is 66.8 Å². The summed E-state index contributed by atoms with van der Waals surface area (Å²) in [5.41, 5.74) is -0.430. The number of carbonyl (C=O) groups excluding carboxylic acids is 2. The van der Waals surface area contributed by atoms with Crippen molar-refractivity contribution >= 4 is 23.5 Å². The van der Waals surface area contributed by atoms with E-state index in [1.54, 1.807) is 31.7 Å². The molecule has 0 spiro atoms. The van der Waals surface area contributed by atoms with Gasteiger partial charge >= 0.3 is 6.09 Å². The first-order chi connectivity index (χ1) is 12.6. The van der Waals surface area contributed by atoms with E-state index in [4.69, 9.17) is 16.3 Å². The molecule has 1 aromatic rings. The van der Waals surface area contributed by atoms with Crippen molar-refractivity contribution in [3.8, 4) is 0 Å². The fourth-order valence-electron chi connectivity index (χ4n) is 3.81. The van der Waals surface area contributed by atoms with Gasteiger partial charge in [0, 0.05) is 18.4 Å². The number of ketones is 1. The molecule has 5 nitrogen and oxygen atoms in total. The molecule has 1 N–H and O–H groups in total. The average Bonchev–Trinajstić information content (AvgIpc) is 3.23. The van der Waals surface area contributed by atoms with E-state index in [2.05, 4.69) is 0 Å². The number of fused-ring (bicyclic) bond motifs is 1. The molecule has 2 aliphatic rings. The Kier molecular flexibility index (Phi) is 5.50. The maximum atomic E-state index is 14.3. The van der Waals surface area contributed by atoms with Crippen LogP contribution in [0.1, 0.15) is 51.5 Å². The number of aliphatic hydroxyl groups excluding tert-OH is 1. The predicted molar refractivity (Wildman–Crippen MR) is 99.2 cm³/mol. The van der Waals surface area contributed by atoms with Crippen LogP contribution in [0.3, 0.4) is 0 Å². The second kappa shape index (κ2) is 7.40. The number of aliphatic hydroxyl groups is 1. The molecule has 1 saturated heterocycles. The van der Waals surface area contributed by atoms with Gasteiger partial charge in [0.05, 0.1) is 17.7 Å². The molecule has 27 heavy (non-hydrogen) atoms. The molecule has 0 unspecified atom stereocenters. The monoisotopic (exact) mass is 397 g/mol. The van der Waals surface area contributed by atoms with E-state index in [9.17, 15) is 19.1 Å². The number of nitrogens with zero attached hydrogens (tertiary/aromatic N) is 1. The first-order valence-electron chi connectivity index (χ1n) is 9.21. The molecule has 0 aromatic heterocycles. The van der Waals surface area contributed by atoms with Crippen LogP contribution in [0.25, 0.3) is 0 Å². The van der Waals surface area contributed by atoms with Crippen molar-refractivity contribution in [1.29, 1.82) is 0 Å². The summed E-state index contributed by atoms with van der Waals surface area (Å²) in [4.78, 5) is 27.0. The van der Waals surface area contributed by atoms with Crippen molar-refractivity contribution < 1.29 is 23.8 Å². The van der Waals surface area contributed by atoms with Gasteiger partial charge in [0.15, 0.2) is 5.78 Å². The summed E-state index contributed by atoms with van der Waals surface area (Å²) in [5, 5.41) is 9.66. The molecule has 1 aliphatic heterocycles. The zero-order valence-corrected chi connectivity index (χ0v) is 16.5. The molecular weight excluding hydrogens is 373 g/mol. The smallest absolute Gasteiger partial charge is 0.411 e. The van der Waals surface area contributed by atoms with Gasteiger partial charge in [-0.2, -0.15) is 0 Å². The summed E-state index contributed by atoms with van der Waals surface area (Å²) >= 11 is 5.82. The molecule has 3 rings (SSSR count). The average molecular weight is 398 g/mol. The van der Waals surface area contributed by atoms with Gasteiger partial charge in [-0.15, -0.1) is 0 Å². The maximum Gasteiger partial charge on any atom is 0.411 e. The molecule has 1 amide bonds. The highest BCUT2D eigenvalue weighted by Crippen LogP contribution is 2.49. The van der Waals surface area contributed by atoms with E-state index >= 15 is 0 Å². The Morgan fingerprint density at radius 2 is 2.07 bits per heavy atom. The Balaban J connectivity index is 1.74. The summed E-state index contributed by atoms with van der Waals surface area (Å²) in [6.07, 6.45) is 0.936. The number of likely N-dealkylation sites (tertiary alicyclic amines) is 1. The van der Waals surface area contributed by atoms with E-state index in [1.165, 1.54) is 12.1 Å². The van der Waals surface area contributed by atoms with Gasteiger partial charge in [-0.05, 0) is 51.2 Å². The van der Waals surface area contributed by atoms with E-state index in [-0.39, 0.29) is 35.4 Å². The Morgan fingerprint density at radius 1 is 1.37 bits per heavy atom.